The third-order valence-electron chi connectivity index (χ3n) is 3.48. The summed E-state index contributed by atoms with van der Waals surface area (Å²) < 4.78 is 0.897. The third-order valence-corrected chi connectivity index (χ3v) is 4.01. The molecule has 1 heterocycles. The molecule has 1 saturated heterocycles. The Morgan fingerprint density at radius 3 is 2.48 bits per heavy atom. The van der Waals surface area contributed by atoms with E-state index in [1.807, 2.05) is 6.92 Å². The van der Waals surface area contributed by atoms with E-state index >= 15 is 0 Å². The SMILES string of the molecule is CC[C@@]1(C)NC(=O)N(CC(=O)Nc2ccc(Br)cc2)C1=O. The molecule has 1 aromatic rings. The number of carbonyl (C=O) groups is 3. The summed E-state index contributed by atoms with van der Waals surface area (Å²) in [6, 6.07) is 6.50. The molecule has 0 aliphatic carbocycles. The number of imide groups is 1. The number of nitrogens with zero attached hydrogens (tertiary/aromatic N) is 1. The summed E-state index contributed by atoms with van der Waals surface area (Å²) in [5.74, 6) is -0.790. The first-order chi connectivity index (χ1) is 9.85. The summed E-state index contributed by atoms with van der Waals surface area (Å²) in [6.45, 7) is 3.17. The van der Waals surface area contributed by atoms with Crippen LogP contribution < -0.4 is 10.6 Å². The van der Waals surface area contributed by atoms with E-state index in [4.69, 9.17) is 0 Å². The highest BCUT2D eigenvalue weighted by atomic mass is 79.9. The van der Waals surface area contributed by atoms with Gasteiger partial charge < -0.3 is 10.6 Å². The minimum atomic E-state index is -0.922. The first kappa shape index (κ1) is 15.5. The topological polar surface area (TPSA) is 78.5 Å². The first-order valence-corrected chi connectivity index (χ1v) is 7.34. The number of anilines is 1. The van der Waals surface area contributed by atoms with Gasteiger partial charge in [0, 0.05) is 10.2 Å². The Morgan fingerprint density at radius 1 is 1.33 bits per heavy atom. The van der Waals surface area contributed by atoms with E-state index in [-0.39, 0.29) is 12.5 Å². The largest absolute Gasteiger partial charge is 0.325 e. The lowest BCUT2D eigenvalue weighted by molar-refractivity contribution is -0.133. The van der Waals surface area contributed by atoms with Crippen LogP contribution in [0.2, 0.25) is 0 Å². The van der Waals surface area contributed by atoms with Crippen molar-refractivity contribution in [1.29, 1.82) is 0 Å². The van der Waals surface area contributed by atoms with Crippen LogP contribution in [0.25, 0.3) is 0 Å². The standard InChI is InChI=1S/C14H16BrN3O3/c1-3-14(2)12(20)18(13(21)17-14)8-11(19)16-10-6-4-9(15)5-7-10/h4-7H,3,8H2,1-2H3,(H,16,19)(H,17,21)/t14-/m1/s1. The number of urea groups is 1. The van der Waals surface area contributed by atoms with Crippen molar-refractivity contribution >= 4 is 39.5 Å². The van der Waals surface area contributed by atoms with Gasteiger partial charge in [-0.3, -0.25) is 14.5 Å². The van der Waals surface area contributed by atoms with E-state index < -0.39 is 17.5 Å². The molecule has 6 nitrogen and oxygen atoms in total. The third kappa shape index (κ3) is 3.24. The molecule has 0 spiro atoms. The van der Waals surface area contributed by atoms with Crippen LogP contribution in [0.4, 0.5) is 10.5 Å². The zero-order chi connectivity index (χ0) is 15.6. The number of amides is 4. The van der Waals surface area contributed by atoms with E-state index in [1.54, 1.807) is 31.2 Å². The molecule has 1 aliphatic heterocycles. The van der Waals surface area contributed by atoms with Crippen LogP contribution in [0.15, 0.2) is 28.7 Å². The van der Waals surface area contributed by atoms with Crippen LogP contribution in [0.1, 0.15) is 20.3 Å². The second-order valence-corrected chi connectivity index (χ2v) is 5.98. The van der Waals surface area contributed by atoms with Gasteiger partial charge in [-0.15, -0.1) is 0 Å². The predicted molar refractivity (Wildman–Crippen MR) is 81.7 cm³/mol. The number of hydrogen-bond acceptors (Lipinski definition) is 3. The van der Waals surface area contributed by atoms with Crippen molar-refractivity contribution in [3.8, 4) is 0 Å². The molecule has 1 aromatic carbocycles. The average Bonchev–Trinajstić information content (AvgIpc) is 2.66. The predicted octanol–water partition coefficient (Wildman–Crippen LogP) is 2.11. The smallest absolute Gasteiger partial charge is 0.325 e. The number of halogens is 1. The molecule has 7 heteroatoms. The number of benzene rings is 1. The molecule has 1 atom stereocenters. The summed E-state index contributed by atoms with van der Waals surface area (Å²) >= 11 is 3.30. The number of rotatable bonds is 4. The summed E-state index contributed by atoms with van der Waals surface area (Å²) in [7, 11) is 0. The molecule has 21 heavy (non-hydrogen) atoms. The van der Waals surface area contributed by atoms with E-state index in [9.17, 15) is 14.4 Å². The summed E-state index contributed by atoms with van der Waals surface area (Å²) in [6.07, 6.45) is 0.475. The lowest BCUT2D eigenvalue weighted by atomic mass is 9.99. The fraction of sp³-hybridized carbons (Fsp3) is 0.357. The maximum Gasteiger partial charge on any atom is 0.325 e. The number of nitrogens with one attached hydrogen (secondary N) is 2. The monoisotopic (exact) mass is 353 g/mol. The molecular formula is C14H16BrN3O3. The molecule has 0 saturated carbocycles. The summed E-state index contributed by atoms with van der Waals surface area (Å²) in [5.41, 5.74) is -0.317. The Bertz CT molecular complexity index is 588. The summed E-state index contributed by atoms with van der Waals surface area (Å²) in [4.78, 5) is 36.8. The molecule has 2 N–H and O–H groups in total. The van der Waals surface area contributed by atoms with E-state index in [0.29, 0.717) is 12.1 Å². The molecule has 4 amide bonds. The maximum absolute atomic E-state index is 12.2. The summed E-state index contributed by atoms with van der Waals surface area (Å²) in [5, 5.41) is 5.26. The van der Waals surface area contributed by atoms with Gasteiger partial charge in [-0.2, -0.15) is 0 Å². The van der Waals surface area contributed by atoms with Crippen LogP contribution in [0, 0.1) is 0 Å². The second kappa shape index (κ2) is 5.85. The van der Waals surface area contributed by atoms with Crippen LogP contribution in [0.3, 0.4) is 0 Å². The van der Waals surface area contributed by atoms with Gasteiger partial charge in [0.1, 0.15) is 12.1 Å². The highest BCUT2D eigenvalue weighted by Crippen LogP contribution is 2.20. The van der Waals surface area contributed by atoms with Gasteiger partial charge in [0.25, 0.3) is 5.91 Å². The first-order valence-electron chi connectivity index (χ1n) is 6.55. The second-order valence-electron chi connectivity index (χ2n) is 5.06. The van der Waals surface area contributed by atoms with Crippen molar-refractivity contribution < 1.29 is 14.4 Å². The van der Waals surface area contributed by atoms with Crippen molar-refractivity contribution in [2.45, 2.75) is 25.8 Å². The van der Waals surface area contributed by atoms with Crippen molar-refractivity contribution in [1.82, 2.24) is 10.2 Å². The highest BCUT2D eigenvalue weighted by molar-refractivity contribution is 9.10. The van der Waals surface area contributed by atoms with E-state index in [2.05, 4.69) is 26.6 Å². The molecular weight excluding hydrogens is 338 g/mol. The lowest BCUT2D eigenvalue weighted by Gasteiger charge is -2.19. The molecule has 112 valence electrons. The van der Waals surface area contributed by atoms with Gasteiger partial charge in [-0.05, 0) is 37.6 Å². The fourth-order valence-corrected chi connectivity index (χ4v) is 2.27. The maximum atomic E-state index is 12.2. The molecule has 1 aliphatic rings. The van der Waals surface area contributed by atoms with Crippen LogP contribution >= 0.6 is 15.9 Å². The van der Waals surface area contributed by atoms with Gasteiger partial charge in [-0.25, -0.2) is 4.79 Å². The Labute approximate surface area is 131 Å². The Morgan fingerprint density at radius 2 is 1.95 bits per heavy atom. The molecule has 1 fully saturated rings. The minimum Gasteiger partial charge on any atom is -0.325 e. The Kier molecular flexibility index (Phi) is 4.32. The van der Waals surface area contributed by atoms with Crippen molar-refractivity contribution in [2.24, 2.45) is 0 Å². The van der Waals surface area contributed by atoms with E-state index in [0.717, 1.165) is 9.37 Å². The Hall–Kier alpha value is -1.89. The zero-order valence-electron chi connectivity index (χ0n) is 11.8. The van der Waals surface area contributed by atoms with Crippen LogP contribution in [-0.2, 0) is 9.59 Å². The van der Waals surface area contributed by atoms with Gasteiger partial charge in [0.15, 0.2) is 0 Å². The van der Waals surface area contributed by atoms with Crippen molar-refractivity contribution in [2.75, 3.05) is 11.9 Å². The van der Waals surface area contributed by atoms with Crippen molar-refractivity contribution in [3.05, 3.63) is 28.7 Å². The Balaban J connectivity index is 2.01. The normalized spacial score (nSPS) is 21.4. The van der Waals surface area contributed by atoms with Gasteiger partial charge in [-0.1, -0.05) is 22.9 Å². The van der Waals surface area contributed by atoms with Crippen molar-refractivity contribution in [3.63, 3.8) is 0 Å². The minimum absolute atomic E-state index is 0.295. The quantitative estimate of drug-likeness (QED) is 0.813. The van der Waals surface area contributed by atoms with Crippen LogP contribution in [-0.4, -0.2) is 34.8 Å². The molecule has 0 bridgehead atoms. The van der Waals surface area contributed by atoms with Crippen LogP contribution in [0.5, 0.6) is 0 Å². The van der Waals surface area contributed by atoms with Gasteiger partial charge in [0.2, 0.25) is 5.91 Å². The lowest BCUT2D eigenvalue weighted by Crippen LogP contribution is -2.44. The number of hydrogen-bond donors (Lipinski definition) is 2. The highest BCUT2D eigenvalue weighted by Gasteiger charge is 2.46. The van der Waals surface area contributed by atoms with Gasteiger partial charge in [0.05, 0.1) is 0 Å². The molecule has 2 rings (SSSR count). The molecule has 0 aromatic heterocycles. The number of carbonyl (C=O) groups excluding carboxylic acids is 3. The average molecular weight is 354 g/mol. The van der Waals surface area contributed by atoms with E-state index in [1.165, 1.54) is 0 Å². The molecule has 0 unspecified atom stereocenters. The molecule has 0 radical (unpaired) electrons. The fourth-order valence-electron chi connectivity index (χ4n) is 2.01. The zero-order valence-corrected chi connectivity index (χ0v) is 13.4. The van der Waals surface area contributed by atoms with Gasteiger partial charge >= 0.3 is 6.03 Å².